The van der Waals surface area contributed by atoms with Crippen LogP contribution < -0.4 is 0 Å². The molecule has 6 atom stereocenters. The zero-order valence-electron chi connectivity index (χ0n) is 12.2. The van der Waals surface area contributed by atoms with Crippen LogP contribution in [-0.2, 0) is 23.8 Å². The van der Waals surface area contributed by atoms with E-state index in [1.807, 2.05) is 6.92 Å². The summed E-state index contributed by atoms with van der Waals surface area (Å²) in [5.74, 6) is -0.285. The maximum Gasteiger partial charge on any atom is 0.330 e. The Morgan fingerprint density at radius 3 is 2.76 bits per heavy atom. The average Bonchev–Trinajstić information content (AvgIpc) is 3.08. The van der Waals surface area contributed by atoms with Crippen molar-refractivity contribution >= 4 is 11.9 Å². The molecule has 5 heteroatoms. The number of esters is 2. The summed E-state index contributed by atoms with van der Waals surface area (Å²) in [7, 11) is 0. The number of rotatable bonds is 0. The topological polar surface area (TPSA) is 65.1 Å². The molecule has 112 valence electrons. The van der Waals surface area contributed by atoms with E-state index in [1.165, 1.54) is 0 Å². The highest BCUT2D eigenvalue weighted by Crippen LogP contribution is 2.71. The van der Waals surface area contributed by atoms with E-state index in [0.717, 1.165) is 24.8 Å². The molecule has 3 aliphatic heterocycles. The molecule has 0 aromatic heterocycles. The van der Waals surface area contributed by atoms with Crippen LogP contribution >= 0.6 is 0 Å². The van der Waals surface area contributed by atoms with Crippen LogP contribution in [0.3, 0.4) is 0 Å². The fourth-order valence-electron chi connectivity index (χ4n) is 5.70. The fourth-order valence-corrected chi connectivity index (χ4v) is 5.70. The minimum atomic E-state index is -0.521. The van der Waals surface area contributed by atoms with Crippen molar-refractivity contribution in [2.24, 2.45) is 16.7 Å². The zero-order valence-corrected chi connectivity index (χ0v) is 12.2. The molecule has 2 aliphatic carbocycles. The first-order valence-electron chi connectivity index (χ1n) is 7.70. The predicted molar refractivity (Wildman–Crippen MR) is 70.1 cm³/mol. The van der Waals surface area contributed by atoms with E-state index < -0.39 is 11.0 Å². The standard InChI is InChI=1S/C16H18O5/c1-14-4-3-5-15(2)11(14)10(20-13(15)18)12-16(21-12)7-19-9(17)6-8(14)16/h6,10-12H,3-5,7H2,1-2H3/t10-,11?,12+,14+,15-,16-/m0/s1. The van der Waals surface area contributed by atoms with Crippen LogP contribution in [0.1, 0.15) is 33.1 Å². The van der Waals surface area contributed by atoms with Crippen molar-refractivity contribution in [1.82, 2.24) is 0 Å². The Bertz CT molecular complexity index is 624. The van der Waals surface area contributed by atoms with Crippen molar-refractivity contribution < 1.29 is 23.8 Å². The Morgan fingerprint density at radius 2 is 1.95 bits per heavy atom. The van der Waals surface area contributed by atoms with Crippen molar-refractivity contribution in [3.63, 3.8) is 0 Å². The Morgan fingerprint density at radius 1 is 1.19 bits per heavy atom. The number of cyclic esters (lactones) is 1. The lowest BCUT2D eigenvalue weighted by atomic mass is 9.48. The van der Waals surface area contributed by atoms with Crippen LogP contribution in [0.25, 0.3) is 0 Å². The Kier molecular flexibility index (Phi) is 1.85. The number of carbonyl (C=O) groups excluding carboxylic acids is 2. The third-order valence-corrected chi connectivity index (χ3v) is 6.60. The molecule has 0 N–H and O–H groups in total. The Balaban J connectivity index is 1.74. The fraction of sp³-hybridized carbons (Fsp3) is 0.750. The number of ether oxygens (including phenoxy) is 3. The molecule has 5 rings (SSSR count). The van der Waals surface area contributed by atoms with Crippen molar-refractivity contribution in [2.45, 2.75) is 50.9 Å². The van der Waals surface area contributed by atoms with E-state index >= 15 is 0 Å². The Hall–Kier alpha value is -1.36. The molecule has 2 saturated carbocycles. The van der Waals surface area contributed by atoms with Gasteiger partial charge in [-0.05, 0) is 30.8 Å². The summed E-state index contributed by atoms with van der Waals surface area (Å²) in [6.45, 7) is 4.46. The third kappa shape index (κ3) is 1.13. The largest absolute Gasteiger partial charge is 0.459 e. The molecule has 0 aromatic carbocycles. The highest BCUT2D eigenvalue weighted by molar-refractivity contribution is 5.86. The molecular weight excluding hydrogens is 272 g/mol. The lowest BCUT2D eigenvalue weighted by molar-refractivity contribution is -0.149. The molecule has 2 saturated heterocycles. The van der Waals surface area contributed by atoms with Crippen LogP contribution in [-0.4, -0.2) is 36.4 Å². The Labute approximate surface area is 122 Å². The van der Waals surface area contributed by atoms with Crippen LogP contribution in [0, 0.1) is 16.7 Å². The highest BCUT2D eigenvalue weighted by Gasteiger charge is 2.80. The summed E-state index contributed by atoms with van der Waals surface area (Å²) in [4.78, 5) is 24.2. The molecule has 21 heavy (non-hydrogen) atoms. The number of hydrogen-bond donors (Lipinski definition) is 0. The average molecular weight is 290 g/mol. The maximum atomic E-state index is 12.5. The smallest absolute Gasteiger partial charge is 0.330 e. The molecular formula is C16H18O5. The van der Waals surface area contributed by atoms with Gasteiger partial charge in [-0.3, -0.25) is 4.79 Å². The molecule has 5 aliphatic rings. The van der Waals surface area contributed by atoms with E-state index in [-0.39, 0.29) is 42.1 Å². The highest BCUT2D eigenvalue weighted by atomic mass is 16.7. The first-order chi connectivity index (χ1) is 9.92. The number of carbonyl (C=O) groups is 2. The normalized spacial score (nSPS) is 56.5. The molecule has 0 radical (unpaired) electrons. The van der Waals surface area contributed by atoms with E-state index in [0.29, 0.717) is 0 Å². The minimum Gasteiger partial charge on any atom is -0.459 e. The van der Waals surface area contributed by atoms with Gasteiger partial charge in [0.25, 0.3) is 0 Å². The molecule has 0 bridgehead atoms. The molecule has 4 fully saturated rings. The van der Waals surface area contributed by atoms with Crippen molar-refractivity contribution in [2.75, 3.05) is 6.61 Å². The first kappa shape index (κ1) is 12.2. The molecule has 1 unspecified atom stereocenters. The summed E-state index contributed by atoms with van der Waals surface area (Å²) in [5.41, 5.74) is -0.136. The lowest BCUT2D eigenvalue weighted by Crippen LogP contribution is -2.57. The van der Waals surface area contributed by atoms with E-state index in [2.05, 4.69) is 6.92 Å². The second-order valence-electron chi connectivity index (χ2n) is 7.63. The third-order valence-electron chi connectivity index (χ3n) is 6.60. The van der Waals surface area contributed by atoms with Gasteiger partial charge in [-0.1, -0.05) is 13.3 Å². The molecule has 3 heterocycles. The van der Waals surface area contributed by atoms with Crippen molar-refractivity contribution in [3.05, 3.63) is 11.6 Å². The predicted octanol–water partition coefficient (Wildman–Crippen LogP) is 1.36. The second kappa shape index (κ2) is 3.19. The SMILES string of the molecule is C[C@@]12CCC[C@]3(C)C4=CC(=O)OC[C@]45O[C@@H]5[C@@H](OC1=O)C23. The lowest BCUT2D eigenvalue weighted by Gasteiger charge is -2.52. The summed E-state index contributed by atoms with van der Waals surface area (Å²) >= 11 is 0. The van der Waals surface area contributed by atoms with Crippen LogP contribution in [0.4, 0.5) is 0 Å². The summed E-state index contributed by atoms with van der Waals surface area (Å²) < 4.78 is 16.9. The quantitative estimate of drug-likeness (QED) is 0.498. The van der Waals surface area contributed by atoms with Crippen LogP contribution in [0.2, 0.25) is 0 Å². The number of fused-ring (bicyclic) bond motifs is 2. The molecule has 5 nitrogen and oxygen atoms in total. The minimum absolute atomic E-state index is 0.0967. The maximum absolute atomic E-state index is 12.5. The van der Waals surface area contributed by atoms with Crippen LogP contribution in [0.5, 0.6) is 0 Å². The molecule has 0 aromatic rings. The zero-order chi connectivity index (χ0) is 14.6. The molecule has 0 amide bonds. The van der Waals surface area contributed by atoms with E-state index in [4.69, 9.17) is 14.2 Å². The van der Waals surface area contributed by atoms with Gasteiger partial charge >= 0.3 is 11.9 Å². The van der Waals surface area contributed by atoms with Gasteiger partial charge in [0.2, 0.25) is 0 Å². The molecule has 1 spiro atoms. The number of epoxide rings is 1. The summed E-state index contributed by atoms with van der Waals surface area (Å²) in [6, 6.07) is 0. The van der Waals surface area contributed by atoms with Crippen LogP contribution in [0.15, 0.2) is 11.6 Å². The van der Waals surface area contributed by atoms with Gasteiger partial charge in [-0.15, -0.1) is 0 Å². The number of hydrogen-bond acceptors (Lipinski definition) is 5. The van der Waals surface area contributed by atoms with Gasteiger partial charge in [0.15, 0.2) is 5.60 Å². The summed E-state index contributed by atoms with van der Waals surface area (Å²) in [5, 5.41) is 0. The van der Waals surface area contributed by atoms with Gasteiger partial charge in [0, 0.05) is 12.0 Å². The second-order valence-corrected chi connectivity index (χ2v) is 7.63. The van der Waals surface area contributed by atoms with Gasteiger partial charge in [-0.25, -0.2) is 4.79 Å². The van der Waals surface area contributed by atoms with Gasteiger partial charge < -0.3 is 14.2 Å². The van der Waals surface area contributed by atoms with E-state index in [9.17, 15) is 9.59 Å². The van der Waals surface area contributed by atoms with Crippen molar-refractivity contribution in [1.29, 1.82) is 0 Å². The van der Waals surface area contributed by atoms with E-state index in [1.54, 1.807) is 6.08 Å². The first-order valence-corrected chi connectivity index (χ1v) is 7.70. The monoisotopic (exact) mass is 290 g/mol. The summed E-state index contributed by atoms with van der Waals surface area (Å²) in [6.07, 6.45) is 4.09. The van der Waals surface area contributed by atoms with Crippen molar-refractivity contribution in [3.8, 4) is 0 Å². The van der Waals surface area contributed by atoms with Gasteiger partial charge in [-0.2, -0.15) is 0 Å². The van der Waals surface area contributed by atoms with Gasteiger partial charge in [0.1, 0.15) is 18.8 Å². The van der Waals surface area contributed by atoms with Gasteiger partial charge in [0.05, 0.1) is 5.41 Å².